The van der Waals surface area contributed by atoms with Crippen LogP contribution in [-0.2, 0) is 0 Å². The van der Waals surface area contributed by atoms with Gasteiger partial charge in [-0.1, -0.05) is 6.07 Å². The summed E-state index contributed by atoms with van der Waals surface area (Å²) in [5, 5.41) is 5.05. The zero-order valence-corrected chi connectivity index (χ0v) is 10.1. The molecule has 0 aliphatic rings. The van der Waals surface area contributed by atoms with E-state index in [2.05, 4.69) is 15.3 Å². The summed E-state index contributed by atoms with van der Waals surface area (Å²) in [7, 11) is 0. The van der Waals surface area contributed by atoms with Crippen LogP contribution in [0.25, 0.3) is 0 Å². The Morgan fingerprint density at radius 2 is 2.35 bits per heavy atom. The average Bonchev–Trinajstić information content (AvgIpc) is 2.79. The van der Waals surface area contributed by atoms with E-state index in [0.717, 1.165) is 5.69 Å². The van der Waals surface area contributed by atoms with Crippen molar-refractivity contribution in [2.24, 2.45) is 5.73 Å². The maximum absolute atomic E-state index is 11.8. The van der Waals surface area contributed by atoms with Crippen LogP contribution in [0.4, 0.5) is 5.13 Å². The Morgan fingerprint density at radius 1 is 1.53 bits per heavy atom. The van der Waals surface area contributed by atoms with Gasteiger partial charge in [0.1, 0.15) is 5.69 Å². The number of rotatable bonds is 3. The van der Waals surface area contributed by atoms with Gasteiger partial charge in [-0.3, -0.25) is 15.1 Å². The summed E-state index contributed by atoms with van der Waals surface area (Å²) in [6, 6.07) is 5.03. The highest BCUT2D eigenvalue weighted by Crippen LogP contribution is 2.19. The molecule has 0 aliphatic carbocycles. The van der Waals surface area contributed by atoms with Crippen molar-refractivity contribution in [3.8, 4) is 0 Å². The van der Waals surface area contributed by atoms with Gasteiger partial charge in [0.05, 0.1) is 5.69 Å². The van der Waals surface area contributed by atoms with E-state index < -0.39 is 0 Å². The molecule has 1 unspecified atom stereocenters. The highest BCUT2D eigenvalue weighted by Gasteiger charge is 2.10. The zero-order chi connectivity index (χ0) is 12.3. The number of aromatic nitrogens is 2. The van der Waals surface area contributed by atoms with E-state index in [1.165, 1.54) is 11.3 Å². The maximum Gasteiger partial charge on any atom is 0.276 e. The van der Waals surface area contributed by atoms with Crippen molar-refractivity contribution in [2.45, 2.75) is 13.0 Å². The summed E-state index contributed by atoms with van der Waals surface area (Å²) in [5.41, 5.74) is 6.82. The molecule has 0 aromatic carbocycles. The number of pyridine rings is 1. The lowest BCUT2D eigenvalue weighted by Crippen LogP contribution is -2.13. The fraction of sp³-hybridized carbons (Fsp3) is 0.182. The molecule has 17 heavy (non-hydrogen) atoms. The number of anilines is 1. The Bertz CT molecular complexity index is 509. The molecule has 0 spiro atoms. The second-order valence-electron chi connectivity index (χ2n) is 3.54. The molecule has 0 aliphatic heterocycles. The van der Waals surface area contributed by atoms with Crippen molar-refractivity contribution in [1.29, 1.82) is 0 Å². The van der Waals surface area contributed by atoms with Gasteiger partial charge in [-0.2, -0.15) is 0 Å². The number of carbonyl (C=O) groups is 1. The van der Waals surface area contributed by atoms with Crippen LogP contribution < -0.4 is 11.1 Å². The summed E-state index contributed by atoms with van der Waals surface area (Å²) in [6.45, 7) is 1.85. The Kier molecular flexibility index (Phi) is 3.46. The van der Waals surface area contributed by atoms with Crippen molar-refractivity contribution in [1.82, 2.24) is 9.97 Å². The standard InChI is InChI=1S/C11H12N4OS/c1-7(12)9-6-17-11(14-9)15-10(16)8-4-2-3-5-13-8/h2-7H,12H2,1H3,(H,14,15,16). The first-order chi connectivity index (χ1) is 8.16. The van der Waals surface area contributed by atoms with Crippen LogP contribution >= 0.6 is 11.3 Å². The summed E-state index contributed by atoms with van der Waals surface area (Å²) in [4.78, 5) is 19.9. The van der Waals surface area contributed by atoms with E-state index in [1.54, 1.807) is 24.4 Å². The molecule has 0 fully saturated rings. The van der Waals surface area contributed by atoms with Gasteiger partial charge < -0.3 is 5.73 Å². The zero-order valence-electron chi connectivity index (χ0n) is 9.25. The molecule has 6 heteroatoms. The van der Waals surface area contributed by atoms with Crippen molar-refractivity contribution in [3.05, 3.63) is 41.2 Å². The topological polar surface area (TPSA) is 80.9 Å². The second kappa shape index (κ2) is 5.03. The number of nitrogens with two attached hydrogens (primary N) is 1. The minimum absolute atomic E-state index is 0.133. The van der Waals surface area contributed by atoms with Crippen LogP contribution in [0.3, 0.4) is 0 Å². The van der Waals surface area contributed by atoms with Crippen LogP contribution in [0.2, 0.25) is 0 Å². The van der Waals surface area contributed by atoms with Gasteiger partial charge in [0.15, 0.2) is 5.13 Å². The van der Waals surface area contributed by atoms with Gasteiger partial charge in [-0.25, -0.2) is 4.98 Å². The highest BCUT2D eigenvalue weighted by molar-refractivity contribution is 7.14. The molecule has 1 amide bonds. The van der Waals surface area contributed by atoms with Crippen LogP contribution in [0.1, 0.15) is 29.1 Å². The third kappa shape index (κ3) is 2.86. The van der Waals surface area contributed by atoms with Crippen molar-refractivity contribution in [3.63, 3.8) is 0 Å². The first-order valence-corrected chi connectivity index (χ1v) is 5.98. The smallest absolute Gasteiger partial charge is 0.276 e. The average molecular weight is 248 g/mol. The first-order valence-electron chi connectivity index (χ1n) is 5.10. The van der Waals surface area contributed by atoms with Gasteiger partial charge in [0.2, 0.25) is 0 Å². The Labute approximate surface area is 103 Å². The van der Waals surface area contributed by atoms with E-state index in [4.69, 9.17) is 5.73 Å². The molecule has 0 bridgehead atoms. The fourth-order valence-electron chi connectivity index (χ4n) is 1.21. The predicted octanol–water partition coefficient (Wildman–Crippen LogP) is 1.81. The molecule has 88 valence electrons. The van der Waals surface area contributed by atoms with Crippen LogP contribution in [0.5, 0.6) is 0 Å². The van der Waals surface area contributed by atoms with Gasteiger partial charge in [-0.05, 0) is 19.1 Å². The lowest BCUT2D eigenvalue weighted by molar-refractivity contribution is 0.102. The number of thiazole rings is 1. The molecule has 3 N–H and O–H groups in total. The molecule has 2 aromatic heterocycles. The molecule has 5 nitrogen and oxygen atoms in total. The van der Waals surface area contributed by atoms with Crippen molar-refractivity contribution in [2.75, 3.05) is 5.32 Å². The predicted molar refractivity (Wildman–Crippen MR) is 66.9 cm³/mol. The molecular formula is C11H12N4OS. The van der Waals surface area contributed by atoms with Crippen molar-refractivity contribution < 1.29 is 4.79 Å². The molecule has 0 radical (unpaired) electrons. The van der Waals surface area contributed by atoms with Gasteiger partial charge >= 0.3 is 0 Å². The van der Waals surface area contributed by atoms with Gasteiger partial charge in [0.25, 0.3) is 5.91 Å². The summed E-state index contributed by atoms with van der Waals surface area (Å²) >= 11 is 1.35. The van der Waals surface area contributed by atoms with Crippen molar-refractivity contribution >= 4 is 22.4 Å². The van der Waals surface area contributed by atoms with Crippen LogP contribution in [-0.4, -0.2) is 15.9 Å². The fourth-order valence-corrected chi connectivity index (χ4v) is 2.02. The van der Waals surface area contributed by atoms with E-state index in [1.807, 2.05) is 12.3 Å². The highest BCUT2D eigenvalue weighted by atomic mass is 32.1. The van der Waals surface area contributed by atoms with Gasteiger partial charge in [-0.15, -0.1) is 11.3 Å². The number of hydrogen-bond donors (Lipinski definition) is 2. The quantitative estimate of drug-likeness (QED) is 0.868. The second-order valence-corrected chi connectivity index (χ2v) is 4.39. The van der Waals surface area contributed by atoms with Gasteiger partial charge in [0, 0.05) is 17.6 Å². The summed E-state index contributed by atoms with van der Waals surface area (Å²) in [5.74, 6) is -0.267. The lowest BCUT2D eigenvalue weighted by Gasteiger charge is -2.00. The molecule has 2 aromatic rings. The summed E-state index contributed by atoms with van der Waals surface area (Å²) < 4.78 is 0. The summed E-state index contributed by atoms with van der Waals surface area (Å²) in [6.07, 6.45) is 1.57. The Hall–Kier alpha value is -1.79. The largest absolute Gasteiger partial charge is 0.323 e. The minimum atomic E-state index is -0.267. The molecular weight excluding hydrogens is 236 g/mol. The van der Waals surface area contributed by atoms with E-state index in [0.29, 0.717) is 10.8 Å². The molecule has 0 saturated carbocycles. The number of nitrogens with zero attached hydrogens (tertiary/aromatic N) is 2. The monoisotopic (exact) mass is 248 g/mol. The Morgan fingerprint density at radius 3 is 2.94 bits per heavy atom. The molecule has 2 rings (SSSR count). The third-order valence-electron chi connectivity index (χ3n) is 2.11. The van der Waals surface area contributed by atoms with E-state index in [9.17, 15) is 4.79 Å². The van der Waals surface area contributed by atoms with Crippen LogP contribution in [0, 0.1) is 0 Å². The number of amides is 1. The maximum atomic E-state index is 11.8. The number of carbonyl (C=O) groups excluding carboxylic acids is 1. The van der Waals surface area contributed by atoms with E-state index in [-0.39, 0.29) is 11.9 Å². The first kappa shape index (κ1) is 11.7. The molecule has 0 saturated heterocycles. The third-order valence-corrected chi connectivity index (χ3v) is 2.88. The van der Waals surface area contributed by atoms with E-state index >= 15 is 0 Å². The normalized spacial score (nSPS) is 12.1. The SMILES string of the molecule is CC(N)c1csc(NC(=O)c2ccccn2)n1. The number of hydrogen-bond acceptors (Lipinski definition) is 5. The molecule has 2 heterocycles. The Balaban J connectivity index is 2.08. The molecule has 1 atom stereocenters. The van der Waals surface area contributed by atoms with Crippen LogP contribution in [0.15, 0.2) is 29.8 Å². The number of nitrogens with one attached hydrogen (secondary N) is 1. The minimum Gasteiger partial charge on any atom is -0.323 e. The lowest BCUT2D eigenvalue weighted by atomic mass is 10.3.